The number of aromatic amines is 1. The fourth-order valence-electron chi connectivity index (χ4n) is 2.30. The topological polar surface area (TPSA) is 37.9 Å². The Labute approximate surface area is 128 Å². The number of nitrogens with zero attached hydrogens (tertiary/aromatic N) is 1. The first-order valence-corrected chi connectivity index (χ1v) is 7.30. The summed E-state index contributed by atoms with van der Waals surface area (Å²) < 4.78 is 6.33. The summed E-state index contributed by atoms with van der Waals surface area (Å²) in [5, 5.41) is 9.39. The van der Waals surface area contributed by atoms with Crippen molar-refractivity contribution in [1.29, 1.82) is 0 Å². The lowest BCUT2D eigenvalue weighted by Gasteiger charge is -2.10. The van der Waals surface area contributed by atoms with Gasteiger partial charge < -0.3 is 4.74 Å². The first-order chi connectivity index (χ1) is 10.1. The van der Waals surface area contributed by atoms with Crippen LogP contribution in [0, 0.1) is 4.64 Å². The Hall–Kier alpha value is -2.20. The average molecular weight is 296 g/mol. The van der Waals surface area contributed by atoms with Crippen molar-refractivity contribution in [3.8, 4) is 17.0 Å². The maximum absolute atomic E-state index is 5.67. The Balaban J connectivity index is 2.08. The zero-order valence-electron chi connectivity index (χ0n) is 12.0. The zero-order chi connectivity index (χ0) is 14.8. The van der Waals surface area contributed by atoms with Crippen molar-refractivity contribution in [2.75, 3.05) is 0 Å². The van der Waals surface area contributed by atoms with Crippen LogP contribution in [0.2, 0.25) is 0 Å². The number of ether oxygens (including phenoxy) is 1. The van der Waals surface area contributed by atoms with Crippen molar-refractivity contribution in [3.05, 3.63) is 53.2 Å². The minimum absolute atomic E-state index is 0.169. The monoisotopic (exact) mass is 296 g/mol. The fraction of sp³-hybridized carbons (Fsp3) is 0.176. The minimum atomic E-state index is 0.169. The van der Waals surface area contributed by atoms with Gasteiger partial charge in [-0.3, -0.25) is 5.10 Å². The van der Waals surface area contributed by atoms with E-state index in [2.05, 4.69) is 10.2 Å². The van der Waals surface area contributed by atoms with Gasteiger partial charge in [0.05, 0.1) is 11.8 Å². The lowest BCUT2D eigenvalue weighted by Crippen LogP contribution is -2.05. The maximum Gasteiger partial charge on any atom is 0.127 e. The van der Waals surface area contributed by atoms with Crippen molar-refractivity contribution in [3.63, 3.8) is 0 Å². The van der Waals surface area contributed by atoms with Crippen LogP contribution in [0.15, 0.2) is 48.5 Å². The number of nitrogens with one attached hydrogen (secondary N) is 1. The third kappa shape index (κ3) is 2.81. The number of hydrogen-bond acceptors (Lipinski definition) is 3. The Kier molecular flexibility index (Phi) is 3.71. The molecule has 0 unspecified atom stereocenters. The van der Waals surface area contributed by atoms with Crippen molar-refractivity contribution < 1.29 is 4.74 Å². The normalized spacial score (nSPS) is 11.0. The summed E-state index contributed by atoms with van der Waals surface area (Å²) in [6.07, 6.45) is 0.169. The molecule has 0 atom stereocenters. The highest BCUT2D eigenvalue weighted by Crippen LogP contribution is 2.27. The van der Waals surface area contributed by atoms with Gasteiger partial charge >= 0.3 is 0 Å². The quantitative estimate of drug-likeness (QED) is 0.709. The minimum Gasteiger partial charge on any atom is -0.491 e. The molecule has 3 nitrogen and oxygen atoms in total. The number of aromatic nitrogens is 2. The summed E-state index contributed by atoms with van der Waals surface area (Å²) in [6, 6.07) is 16.0. The van der Waals surface area contributed by atoms with Crippen molar-refractivity contribution >= 4 is 23.0 Å². The molecule has 21 heavy (non-hydrogen) atoms. The maximum atomic E-state index is 5.67. The van der Waals surface area contributed by atoms with Crippen LogP contribution in [0.25, 0.3) is 22.0 Å². The molecule has 0 bridgehead atoms. The average Bonchev–Trinajstić information content (AvgIpc) is 2.48. The molecule has 4 heteroatoms. The van der Waals surface area contributed by atoms with Crippen LogP contribution in [0.5, 0.6) is 5.75 Å². The molecule has 0 aliphatic rings. The molecular formula is C17H16N2OS. The van der Waals surface area contributed by atoms with Crippen molar-refractivity contribution in [2.45, 2.75) is 20.0 Å². The van der Waals surface area contributed by atoms with E-state index in [1.165, 1.54) is 0 Å². The molecule has 0 spiro atoms. The van der Waals surface area contributed by atoms with E-state index in [0.29, 0.717) is 4.64 Å². The summed E-state index contributed by atoms with van der Waals surface area (Å²) in [5.74, 6) is 0.863. The number of benzene rings is 2. The van der Waals surface area contributed by atoms with Crippen molar-refractivity contribution in [1.82, 2.24) is 10.2 Å². The van der Waals surface area contributed by atoms with Gasteiger partial charge in [0.15, 0.2) is 0 Å². The molecule has 0 saturated heterocycles. The van der Waals surface area contributed by atoms with Crippen LogP contribution in [-0.4, -0.2) is 16.3 Å². The van der Waals surface area contributed by atoms with Crippen molar-refractivity contribution in [2.24, 2.45) is 0 Å². The second kappa shape index (κ2) is 5.66. The van der Waals surface area contributed by atoms with E-state index in [1.54, 1.807) is 0 Å². The van der Waals surface area contributed by atoms with E-state index < -0.39 is 0 Å². The third-order valence-corrected chi connectivity index (χ3v) is 3.51. The van der Waals surface area contributed by atoms with Crippen LogP contribution in [0.3, 0.4) is 0 Å². The second-order valence-electron chi connectivity index (χ2n) is 5.14. The first kappa shape index (κ1) is 13.8. The van der Waals surface area contributed by atoms with Crippen LogP contribution < -0.4 is 4.74 Å². The van der Waals surface area contributed by atoms with Gasteiger partial charge in [-0.05, 0) is 38.1 Å². The number of hydrogen-bond donors (Lipinski definition) is 1. The molecular weight excluding hydrogens is 280 g/mol. The van der Waals surface area contributed by atoms with Gasteiger partial charge in [-0.1, -0.05) is 36.5 Å². The molecule has 106 valence electrons. The van der Waals surface area contributed by atoms with Crippen LogP contribution in [0.4, 0.5) is 0 Å². The molecule has 3 aromatic rings. The molecule has 0 amide bonds. The summed E-state index contributed by atoms with van der Waals surface area (Å²) in [6.45, 7) is 4.03. The third-order valence-electron chi connectivity index (χ3n) is 3.20. The SMILES string of the molecule is CC(C)Oc1ccc(-c2n[nH]c(=S)c3ccccc23)cc1. The lowest BCUT2D eigenvalue weighted by molar-refractivity contribution is 0.242. The van der Waals surface area contributed by atoms with Crippen LogP contribution >= 0.6 is 12.2 Å². The Morgan fingerprint density at radius 1 is 1.00 bits per heavy atom. The highest BCUT2D eigenvalue weighted by Gasteiger charge is 2.07. The predicted octanol–water partition coefficient (Wildman–Crippen LogP) is 4.75. The number of rotatable bonds is 3. The molecule has 0 aliphatic heterocycles. The van der Waals surface area contributed by atoms with Gasteiger partial charge in [0.2, 0.25) is 0 Å². The Morgan fingerprint density at radius 3 is 2.33 bits per heavy atom. The van der Waals surface area contributed by atoms with E-state index in [0.717, 1.165) is 27.8 Å². The molecule has 1 aromatic heterocycles. The van der Waals surface area contributed by atoms with Gasteiger partial charge in [0.25, 0.3) is 0 Å². The van der Waals surface area contributed by atoms with E-state index in [-0.39, 0.29) is 6.10 Å². The molecule has 0 fully saturated rings. The largest absolute Gasteiger partial charge is 0.491 e. The molecule has 0 aliphatic carbocycles. The van der Waals surface area contributed by atoms with E-state index in [9.17, 15) is 0 Å². The van der Waals surface area contributed by atoms with E-state index in [1.807, 2.05) is 62.4 Å². The van der Waals surface area contributed by atoms with Crippen LogP contribution in [0.1, 0.15) is 13.8 Å². The van der Waals surface area contributed by atoms with Crippen LogP contribution in [-0.2, 0) is 0 Å². The molecule has 0 radical (unpaired) electrons. The highest BCUT2D eigenvalue weighted by molar-refractivity contribution is 7.71. The summed E-state index contributed by atoms with van der Waals surface area (Å²) >= 11 is 5.29. The number of fused-ring (bicyclic) bond motifs is 1. The molecule has 2 aromatic carbocycles. The van der Waals surface area contributed by atoms with Gasteiger partial charge in [0, 0.05) is 16.3 Å². The summed E-state index contributed by atoms with van der Waals surface area (Å²) in [5.41, 5.74) is 1.93. The Morgan fingerprint density at radius 2 is 1.67 bits per heavy atom. The van der Waals surface area contributed by atoms with Gasteiger partial charge in [-0.25, -0.2) is 0 Å². The molecule has 1 heterocycles. The number of H-pyrrole nitrogens is 1. The first-order valence-electron chi connectivity index (χ1n) is 6.89. The Bertz CT molecular complexity index is 822. The predicted molar refractivity (Wildman–Crippen MR) is 88.1 cm³/mol. The molecule has 0 saturated carbocycles. The van der Waals surface area contributed by atoms with E-state index >= 15 is 0 Å². The second-order valence-corrected chi connectivity index (χ2v) is 5.55. The fourth-order valence-corrected chi connectivity index (χ4v) is 2.52. The molecule has 1 N–H and O–H groups in total. The molecule has 3 rings (SSSR count). The summed E-state index contributed by atoms with van der Waals surface area (Å²) in [4.78, 5) is 0. The zero-order valence-corrected chi connectivity index (χ0v) is 12.8. The van der Waals surface area contributed by atoms with Gasteiger partial charge in [0.1, 0.15) is 10.4 Å². The standard InChI is InChI=1S/C17H16N2OS/c1-11(2)20-13-9-7-12(8-10-13)16-14-5-3-4-6-15(14)17(21)19-18-16/h3-11H,1-2H3,(H,19,21). The van der Waals surface area contributed by atoms with E-state index in [4.69, 9.17) is 17.0 Å². The smallest absolute Gasteiger partial charge is 0.127 e. The van der Waals surface area contributed by atoms with Gasteiger partial charge in [-0.15, -0.1) is 0 Å². The highest BCUT2D eigenvalue weighted by atomic mass is 32.1. The van der Waals surface area contributed by atoms with Gasteiger partial charge in [-0.2, -0.15) is 5.10 Å². The lowest BCUT2D eigenvalue weighted by atomic mass is 10.1. The summed E-state index contributed by atoms with van der Waals surface area (Å²) in [7, 11) is 0.